The minimum atomic E-state index is -3.77. The van der Waals surface area contributed by atoms with Crippen LogP contribution in [-0.4, -0.2) is 41.0 Å². The molecule has 0 aliphatic heterocycles. The Labute approximate surface area is 173 Å². The molecule has 156 valence electrons. The minimum Gasteiger partial charge on any atom is -0.497 e. The summed E-state index contributed by atoms with van der Waals surface area (Å²) in [5, 5.41) is 0.329. The molecule has 0 saturated heterocycles. The second-order valence-electron chi connectivity index (χ2n) is 5.67. The predicted octanol–water partition coefficient (Wildman–Crippen LogP) is 1.49. The third-order valence-electron chi connectivity index (χ3n) is 3.74. The molecule has 2 amide bonds. The Balaban J connectivity index is 1.84. The molecular formula is C18H20ClN3O6S. The van der Waals surface area contributed by atoms with Gasteiger partial charge in [-0.15, -0.1) is 0 Å². The van der Waals surface area contributed by atoms with Crippen molar-refractivity contribution in [3.8, 4) is 11.5 Å². The zero-order chi connectivity index (χ0) is 21.4. The van der Waals surface area contributed by atoms with Crippen LogP contribution in [0, 0.1) is 0 Å². The number of ether oxygens (including phenoxy) is 2. The maximum absolute atomic E-state index is 12.2. The molecule has 0 fully saturated rings. The zero-order valence-corrected chi connectivity index (χ0v) is 17.3. The molecule has 0 atom stereocenters. The van der Waals surface area contributed by atoms with Gasteiger partial charge in [0.05, 0.1) is 24.7 Å². The Morgan fingerprint density at radius 3 is 2.31 bits per heavy atom. The van der Waals surface area contributed by atoms with Crippen LogP contribution in [0.15, 0.2) is 47.4 Å². The van der Waals surface area contributed by atoms with Crippen molar-refractivity contribution >= 4 is 33.4 Å². The fraction of sp³-hybridized carbons (Fsp3) is 0.222. The van der Waals surface area contributed by atoms with E-state index in [0.717, 1.165) is 0 Å². The summed E-state index contributed by atoms with van der Waals surface area (Å²) >= 11 is 5.86. The summed E-state index contributed by atoms with van der Waals surface area (Å²) in [6, 6.07) is 10.3. The molecular weight excluding hydrogens is 422 g/mol. The first-order chi connectivity index (χ1) is 13.8. The lowest BCUT2D eigenvalue weighted by molar-refractivity contribution is -0.121. The van der Waals surface area contributed by atoms with E-state index in [0.29, 0.717) is 10.8 Å². The summed E-state index contributed by atoms with van der Waals surface area (Å²) in [7, 11) is -0.903. The van der Waals surface area contributed by atoms with E-state index in [1.807, 2.05) is 0 Å². The van der Waals surface area contributed by atoms with Crippen molar-refractivity contribution in [2.75, 3.05) is 20.8 Å². The summed E-state index contributed by atoms with van der Waals surface area (Å²) in [6.45, 7) is -0.156. The standard InChI is InChI=1S/C18H20ClN3O6S/c1-27-13-4-6-14(7-5-13)29(25,26)20-10-9-17(23)21-22-18(24)15-11-12(19)3-8-16(15)28-2/h3-8,11,20H,9-10H2,1-2H3,(H,21,23)(H,22,24). The van der Waals surface area contributed by atoms with Crippen molar-refractivity contribution in [1.29, 1.82) is 0 Å². The first-order valence-corrected chi connectivity index (χ1v) is 10.2. The van der Waals surface area contributed by atoms with Crippen molar-refractivity contribution in [2.24, 2.45) is 0 Å². The number of amides is 2. The van der Waals surface area contributed by atoms with Gasteiger partial charge in [0, 0.05) is 18.0 Å². The van der Waals surface area contributed by atoms with Crippen molar-refractivity contribution in [3.63, 3.8) is 0 Å². The van der Waals surface area contributed by atoms with Crippen LogP contribution in [0.2, 0.25) is 5.02 Å². The van der Waals surface area contributed by atoms with Crippen LogP contribution in [0.25, 0.3) is 0 Å². The molecule has 3 N–H and O–H groups in total. The molecule has 9 nitrogen and oxygen atoms in total. The van der Waals surface area contributed by atoms with E-state index >= 15 is 0 Å². The maximum Gasteiger partial charge on any atom is 0.273 e. The maximum atomic E-state index is 12.2. The van der Waals surface area contributed by atoms with Gasteiger partial charge in [0.25, 0.3) is 5.91 Å². The number of carbonyl (C=O) groups is 2. The van der Waals surface area contributed by atoms with Gasteiger partial charge in [-0.1, -0.05) is 11.6 Å². The first-order valence-electron chi connectivity index (χ1n) is 8.33. The lowest BCUT2D eigenvalue weighted by atomic mass is 10.2. The average molecular weight is 442 g/mol. The van der Waals surface area contributed by atoms with E-state index in [1.54, 1.807) is 6.07 Å². The van der Waals surface area contributed by atoms with Crippen molar-refractivity contribution < 1.29 is 27.5 Å². The summed E-state index contributed by atoms with van der Waals surface area (Å²) in [4.78, 5) is 24.1. The van der Waals surface area contributed by atoms with E-state index in [9.17, 15) is 18.0 Å². The third-order valence-corrected chi connectivity index (χ3v) is 5.45. The Morgan fingerprint density at radius 1 is 1.00 bits per heavy atom. The fourth-order valence-electron chi connectivity index (χ4n) is 2.25. The van der Waals surface area contributed by atoms with Crippen molar-refractivity contribution in [3.05, 3.63) is 53.1 Å². The van der Waals surface area contributed by atoms with Gasteiger partial charge in [0.15, 0.2) is 0 Å². The van der Waals surface area contributed by atoms with Crippen LogP contribution in [0.1, 0.15) is 16.8 Å². The molecule has 0 aliphatic rings. The molecule has 0 aliphatic carbocycles. The topological polar surface area (TPSA) is 123 Å². The number of carbonyl (C=O) groups excluding carboxylic acids is 2. The van der Waals surface area contributed by atoms with Gasteiger partial charge >= 0.3 is 0 Å². The van der Waals surface area contributed by atoms with E-state index < -0.39 is 21.8 Å². The second kappa shape index (κ2) is 10.1. The van der Waals surface area contributed by atoms with Gasteiger partial charge in [-0.05, 0) is 42.5 Å². The van der Waals surface area contributed by atoms with E-state index in [4.69, 9.17) is 21.1 Å². The van der Waals surface area contributed by atoms with E-state index in [-0.39, 0.29) is 29.2 Å². The molecule has 0 unspecified atom stereocenters. The van der Waals surface area contributed by atoms with Crippen LogP contribution >= 0.6 is 11.6 Å². The van der Waals surface area contributed by atoms with Crippen LogP contribution in [0.4, 0.5) is 0 Å². The highest BCUT2D eigenvalue weighted by Gasteiger charge is 2.16. The molecule has 2 aromatic rings. The SMILES string of the molecule is COc1ccc(S(=O)(=O)NCCC(=O)NNC(=O)c2cc(Cl)ccc2OC)cc1. The molecule has 2 rings (SSSR count). The van der Waals surface area contributed by atoms with Gasteiger partial charge < -0.3 is 9.47 Å². The highest BCUT2D eigenvalue weighted by Crippen LogP contribution is 2.22. The zero-order valence-electron chi connectivity index (χ0n) is 15.7. The molecule has 11 heteroatoms. The number of halogens is 1. The summed E-state index contributed by atoms with van der Waals surface area (Å²) in [5.74, 6) is -0.405. The number of methoxy groups -OCH3 is 2. The van der Waals surface area contributed by atoms with Crippen LogP contribution in [-0.2, 0) is 14.8 Å². The number of nitrogens with one attached hydrogen (secondary N) is 3. The number of rotatable bonds is 8. The molecule has 29 heavy (non-hydrogen) atoms. The fourth-order valence-corrected chi connectivity index (χ4v) is 3.46. The van der Waals surface area contributed by atoms with E-state index in [2.05, 4.69) is 15.6 Å². The lowest BCUT2D eigenvalue weighted by Gasteiger charge is -2.11. The molecule has 2 aromatic carbocycles. The largest absolute Gasteiger partial charge is 0.497 e. The smallest absolute Gasteiger partial charge is 0.273 e. The Bertz CT molecular complexity index is 980. The number of sulfonamides is 1. The van der Waals surface area contributed by atoms with Gasteiger partial charge in [0.2, 0.25) is 15.9 Å². The molecule has 0 bridgehead atoms. The number of hydrogen-bond donors (Lipinski definition) is 3. The Kier molecular flexibility index (Phi) is 7.82. The van der Waals surface area contributed by atoms with Gasteiger partial charge in [-0.25, -0.2) is 13.1 Å². The highest BCUT2D eigenvalue weighted by molar-refractivity contribution is 7.89. The van der Waals surface area contributed by atoms with Crippen LogP contribution in [0.3, 0.4) is 0 Å². The molecule has 0 heterocycles. The monoisotopic (exact) mass is 441 g/mol. The summed E-state index contributed by atoms with van der Waals surface area (Å²) in [6.07, 6.45) is -0.192. The summed E-state index contributed by atoms with van der Waals surface area (Å²) in [5.41, 5.74) is 4.57. The normalized spacial score (nSPS) is 10.9. The molecule has 0 spiro atoms. The number of hydrazine groups is 1. The minimum absolute atomic E-state index is 0.0417. The predicted molar refractivity (Wildman–Crippen MR) is 106 cm³/mol. The van der Waals surface area contributed by atoms with Crippen molar-refractivity contribution in [1.82, 2.24) is 15.6 Å². The lowest BCUT2D eigenvalue weighted by Crippen LogP contribution is -2.42. The quantitative estimate of drug-likeness (QED) is 0.533. The third kappa shape index (κ3) is 6.34. The Morgan fingerprint density at radius 2 is 1.69 bits per heavy atom. The highest BCUT2D eigenvalue weighted by atomic mass is 35.5. The molecule has 0 radical (unpaired) electrons. The van der Waals surface area contributed by atoms with Crippen LogP contribution < -0.4 is 25.0 Å². The Hall–Kier alpha value is -2.82. The van der Waals surface area contributed by atoms with E-state index in [1.165, 1.54) is 50.6 Å². The van der Waals surface area contributed by atoms with Crippen molar-refractivity contribution in [2.45, 2.75) is 11.3 Å². The van der Waals surface area contributed by atoms with Gasteiger partial charge in [-0.2, -0.15) is 0 Å². The average Bonchev–Trinajstić information content (AvgIpc) is 2.71. The van der Waals surface area contributed by atoms with Gasteiger partial charge in [-0.3, -0.25) is 20.4 Å². The number of hydrogen-bond acceptors (Lipinski definition) is 6. The number of benzene rings is 2. The first kappa shape index (κ1) is 22.5. The van der Waals surface area contributed by atoms with Gasteiger partial charge in [0.1, 0.15) is 11.5 Å². The van der Waals surface area contributed by atoms with Crippen LogP contribution in [0.5, 0.6) is 11.5 Å². The second-order valence-corrected chi connectivity index (χ2v) is 7.87. The summed E-state index contributed by atoms with van der Waals surface area (Å²) < 4.78 is 36.7. The molecule has 0 aromatic heterocycles. The molecule has 0 saturated carbocycles.